The number of carbonyl (C=O) groups is 1. The van der Waals surface area contributed by atoms with Crippen LogP contribution in [-0.2, 0) is 0 Å². The lowest BCUT2D eigenvalue weighted by atomic mass is 10.0. The van der Waals surface area contributed by atoms with E-state index in [4.69, 9.17) is 4.42 Å². The molecule has 6 nitrogen and oxygen atoms in total. The molecule has 144 valence electrons. The quantitative estimate of drug-likeness (QED) is 0.680. The van der Waals surface area contributed by atoms with E-state index in [-0.39, 0.29) is 28.2 Å². The normalized spacial score (nSPS) is 16.2. The number of hydrogen-bond acceptors (Lipinski definition) is 5. The Hall–Kier alpha value is -3.06. The molecule has 7 heteroatoms. The van der Waals surface area contributed by atoms with Crippen LogP contribution in [-0.4, -0.2) is 47.9 Å². The van der Waals surface area contributed by atoms with Gasteiger partial charge in [0.05, 0.1) is 16.6 Å². The molecule has 0 N–H and O–H groups in total. The molecular weight excluding hydrogens is 361 g/mol. The van der Waals surface area contributed by atoms with Gasteiger partial charge in [-0.05, 0) is 57.4 Å². The van der Waals surface area contributed by atoms with Gasteiger partial charge in [0.2, 0.25) is 5.76 Å². The average Bonchev–Trinajstić information content (AvgIpc) is 2.95. The van der Waals surface area contributed by atoms with Crippen LogP contribution in [0.4, 0.5) is 4.39 Å². The summed E-state index contributed by atoms with van der Waals surface area (Å²) in [5.41, 5.74) is 0.623. The first kappa shape index (κ1) is 18.3. The van der Waals surface area contributed by atoms with E-state index in [1.54, 1.807) is 23.2 Å². The Labute approximate surface area is 161 Å². The first-order valence-electron chi connectivity index (χ1n) is 9.10. The van der Waals surface area contributed by atoms with E-state index in [0.717, 1.165) is 19.0 Å². The van der Waals surface area contributed by atoms with Crippen LogP contribution in [0.3, 0.4) is 0 Å². The van der Waals surface area contributed by atoms with Crippen molar-refractivity contribution in [2.75, 3.05) is 27.2 Å². The third-order valence-electron chi connectivity index (χ3n) is 4.90. The van der Waals surface area contributed by atoms with Gasteiger partial charge in [-0.1, -0.05) is 6.07 Å². The van der Waals surface area contributed by atoms with Gasteiger partial charge >= 0.3 is 0 Å². The molecule has 0 fully saturated rings. The van der Waals surface area contributed by atoms with Crippen LogP contribution >= 0.6 is 0 Å². The molecule has 1 aliphatic rings. The van der Waals surface area contributed by atoms with Gasteiger partial charge in [-0.3, -0.25) is 14.6 Å². The monoisotopic (exact) mass is 381 g/mol. The first-order valence-corrected chi connectivity index (χ1v) is 9.10. The Balaban J connectivity index is 1.88. The van der Waals surface area contributed by atoms with Crippen LogP contribution in [0, 0.1) is 5.82 Å². The van der Waals surface area contributed by atoms with Crippen LogP contribution in [0.5, 0.6) is 0 Å². The number of amides is 1. The molecule has 0 bridgehead atoms. The zero-order valence-corrected chi connectivity index (χ0v) is 15.7. The summed E-state index contributed by atoms with van der Waals surface area (Å²) in [4.78, 5) is 34.3. The van der Waals surface area contributed by atoms with Crippen molar-refractivity contribution in [1.82, 2.24) is 14.8 Å². The van der Waals surface area contributed by atoms with Crippen molar-refractivity contribution in [3.63, 3.8) is 0 Å². The molecule has 3 aromatic rings. The molecule has 0 spiro atoms. The third kappa shape index (κ3) is 3.07. The first-order chi connectivity index (χ1) is 13.5. The average molecular weight is 381 g/mol. The van der Waals surface area contributed by atoms with Gasteiger partial charge in [-0.15, -0.1) is 0 Å². The molecule has 28 heavy (non-hydrogen) atoms. The summed E-state index contributed by atoms with van der Waals surface area (Å²) in [5.74, 6) is -0.848. The van der Waals surface area contributed by atoms with E-state index >= 15 is 0 Å². The predicted octanol–water partition coefficient (Wildman–Crippen LogP) is 2.82. The number of fused-ring (bicyclic) bond motifs is 2. The second-order valence-corrected chi connectivity index (χ2v) is 7.13. The maximum atomic E-state index is 13.7. The zero-order chi connectivity index (χ0) is 19.8. The maximum Gasteiger partial charge on any atom is 0.290 e. The molecule has 2 aromatic heterocycles. The predicted molar refractivity (Wildman–Crippen MR) is 103 cm³/mol. The van der Waals surface area contributed by atoms with Crippen molar-refractivity contribution in [3.8, 4) is 0 Å². The fourth-order valence-corrected chi connectivity index (χ4v) is 3.63. The van der Waals surface area contributed by atoms with E-state index in [2.05, 4.69) is 4.98 Å². The fourth-order valence-electron chi connectivity index (χ4n) is 3.63. The molecule has 3 heterocycles. The number of aromatic nitrogens is 1. The van der Waals surface area contributed by atoms with Crippen molar-refractivity contribution in [2.24, 2.45) is 0 Å². The molecule has 0 radical (unpaired) electrons. The minimum absolute atomic E-state index is 0.0182. The second-order valence-electron chi connectivity index (χ2n) is 7.13. The summed E-state index contributed by atoms with van der Waals surface area (Å²) in [6.45, 7) is 1.25. The van der Waals surface area contributed by atoms with Gasteiger partial charge in [-0.2, -0.15) is 0 Å². The van der Waals surface area contributed by atoms with Crippen LogP contribution < -0.4 is 5.43 Å². The molecule has 1 amide bonds. The van der Waals surface area contributed by atoms with Crippen molar-refractivity contribution in [1.29, 1.82) is 0 Å². The summed E-state index contributed by atoms with van der Waals surface area (Å²) in [6.07, 6.45) is 2.36. The van der Waals surface area contributed by atoms with E-state index in [9.17, 15) is 14.0 Å². The largest absolute Gasteiger partial charge is 0.450 e. The van der Waals surface area contributed by atoms with Crippen molar-refractivity contribution < 1.29 is 13.6 Å². The minimum Gasteiger partial charge on any atom is -0.450 e. The number of carbonyl (C=O) groups excluding carboxylic acids is 1. The molecular formula is C21H20FN3O3. The highest BCUT2D eigenvalue weighted by Gasteiger charge is 2.43. The smallest absolute Gasteiger partial charge is 0.290 e. The summed E-state index contributed by atoms with van der Waals surface area (Å²) in [6, 6.07) is 8.46. The summed E-state index contributed by atoms with van der Waals surface area (Å²) in [5, 5.41) is 0.127. The highest BCUT2D eigenvalue weighted by atomic mass is 19.1. The molecule has 0 saturated heterocycles. The lowest BCUT2D eigenvalue weighted by Crippen LogP contribution is -2.32. The van der Waals surface area contributed by atoms with Crippen LogP contribution in [0.25, 0.3) is 11.0 Å². The van der Waals surface area contributed by atoms with Gasteiger partial charge in [0.15, 0.2) is 5.43 Å². The maximum absolute atomic E-state index is 13.7. The molecule has 1 aromatic carbocycles. The van der Waals surface area contributed by atoms with E-state index in [1.807, 2.05) is 25.1 Å². The molecule has 4 rings (SSSR count). The SMILES string of the molecule is CN(C)CCCN1C(=O)c2oc3ccc(F)cc3c(=O)c2C1c1ccccn1. The van der Waals surface area contributed by atoms with Crippen molar-refractivity contribution in [2.45, 2.75) is 12.5 Å². The van der Waals surface area contributed by atoms with Gasteiger partial charge in [-0.25, -0.2) is 4.39 Å². The number of benzene rings is 1. The third-order valence-corrected chi connectivity index (χ3v) is 4.90. The van der Waals surface area contributed by atoms with Crippen molar-refractivity contribution >= 4 is 16.9 Å². The molecule has 0 aliphatic carbocycles. The second kappa shape index (κ2) is 7.16. The number of halogens is 1. The molecule has 1 atom stereocenters. The Kier molecular flexibility index (Phi) is 4.68. The molecule has 1 unspecified atom stereocenters. The topological polar surface area (TPSA) is 66.7 Å². The zero-order valence-electron chi connectivity index (χ0n) is 15.7. The van der Waals surface area contributed by atoms with Gasteiger partial charge < -0.3 is 14.2 Å². The minimum atomic E-state index is -0.644. The van der Waals surface area contributed by atoms with E-state index in [1.165, 1.54) is 12.1 Å². The number of rotatable bonds is 5. The van der Waals surface area contributed by atoms with E-state index in [0.29, 0.717) is 12.2 Å². The number of nitrogens with zero attached hydrogens (tertiary/aromatic N) is 3. The Morgan fingerprint density at radius 3 is 2.75 bits per heavy atom. The highest BCUT2D eigenvalue weighted by Crippen LogP contribution is 2.37. The lowest BCUT2D eigenvalue weighted by molar-refractivity contribution is 0.0720. The van der Waals surface area contributed by atoms with Crippen LogP contribution in [0.1, 0.15) is 34.3 Å². The Morgan fingerprint density at radius 1 is 1.21 bits per heavy atom. The van der Waals surface area contributed by atoms with Crippen LogP contribution in [0.2, 0.25) is 0 Å². The number of hydrogen-bond donors (Lipinski definition) is 0. The summed E-state index contributed by atoms with van der Waals surface area (Å²) >= 11 is 0. The summed E-state index contributed by atoms with van der Waals surface area (Å²) < 4.78 is 19.5. The lowest BCUT2D eigenvalue weighted by Gasteiger charge is -2.24. The van der Waals surface area contributed by atoms with E-state index < -0.39 is 17.3 Å². The van der Waals surface area contributed by atoms with Crippen LogP contribution in [0.15, 0.2) is 51.8 Å². The Morgan fingerprint density at radius 2 is 2.04 bits per heavy atom. The summed E-state index contributed by atoms with van der Waals surface area (Å²) in [7, 11) is 3.92. The molecule has 1 aliphatic heterocycles. The fraction of sp³-hybridized carbons (Fsp3) is 0.286. The standard InChI is InChI=1S/C21H20FN3O3/c1-24(2)10-5-11-25-18(15-6-3-4-9-23-15)17-19(26)14-12-13(22)7-8-16(14)28-20(17)21(25)27/h3-4,6-9,12,18H,5,10-11H2,1-2H3. The molecule has 0 saturated carbocycles. The Bertz CT molecular complexity index is 1100. The highest BCUT2D eigenvalue weighted by molar-refractivity contribution is 5.98. The number of pyridine rings is 1. The van der Waals surface area contributed by atoms with Gasteiger partial charge in [0.1, 0.15) is 17.4 Å². The van der Waals surface area contributed by atoms with Crippen molar-refractivity contribution in [3.05, 3.63) is 75.7 Å². The van der Waals surface area contributed by atoms with Gasteiger partial charge in [0, 0.05) is 12.7 Å². The van der Waals surface area contributed by atoms with Gasteiger partial charge in [0.25, 0.3) is 5.91 Å².